The molecule has 0 fully saturated rings. The molecule has 0 radical (unpaired) electrons. The zero-order valence-corrected chi connectivity index (χ0v) is 14.7. The molecule has 26 heavy (non-hydrogen) atoms. The van der Waals surface area contributed by atoms with Crippen molar-refractivity contribution in [2.75, 3.05) is 13.7 Å². The van der Waals surface area contributed by atoms with E-state index in [-0.39, 0.29) is 18.3 Å². The Labute approximate surface area is 151 Å². The van der Waals surface area contributed by atoms with Crippen LogP contribution < -0.4 is 4.74 Å². The maximum absolute atomic E-state index is 12.1. The fourth-order valence-electron chi connectivity index (χ4n) is 3.00. The number of rotatable bonds is 6. The lowest BCUT2D eigenvalue weighted by Gasteiger charge is -2.15. The van der Waals surface area contributed by atoms with Crippen LogP contribution in [0.1, 0.15) is 36.1 Å². The first kappa shape index (κ1) is 17.6. The maximum Gasteiger partial charge on any atom is 0.306 e. The molecular formula is C21H19NO4. The van der Waals surface area contributed by atoms with Crippen LogP contribution in [0.25, 0.3) is 10.8 Å². The van der Waals surface area contributed by atoms with Gasteiger partial charge in [0, 0.05) is 10.8 Å². The second-order valence-electron chi connectivity index (χ2n) is 5.85. The van der Waals surface area contributed by atoms with Gasteiger partial charge in [-0.25, -0.2) is 0 Å². The van der Waals surface area contributed by atoms with Crippen LogP contribution in [-0.2, 0) is 9.53 Å². The molecule has 2 aromatic carbocycles. The first-order valence-electron chi connectivity index (χ1n) is 8.37. The summed E-state index contributed by atoms with van der Waals surface area (Å²) in [7, 11) is 1.61. The molecule has 1 heterocycles. The highest BCUT2D eigenvalue weighted by molar-refractivity contribution is 5.87. The number of methoxy groups -OCH3 is 1. The molecule has 0 aliphatic carbocycles. The van der Waals surface area contributed by atoms with E-state index in [1.807, 2.05) is 30.3 Å². The molecule has 0 aliphatic rings. The average molecular weight is 349 g/mol. The van der Waals surface area contributed by atoms with Gasteiger partial charge in [-0.1, -0.05) is 12.1 Å². The van der Waals surface area contributed by atoms with E-state index >= 15 is 0 Å². The van der Waals surface area contributed by atoms with Gasteiger partial charge in [-0.2, -0.15) is 5.26 Å². The molecule has 3 aromatic rings. The number of carbonyl (C=O) groups excluding carboxylic acids is 1. The highest BCUT2D eigenvalue weighted by Crippen LogP contribution is 2.35. The minimum atomic E-state index is -0.287. The first-order valence-corrected chi connectivity index (χ1v) is 8.37. The number of ether oxygens (including phenoxy) is 2. The molecule has 0 bridgehead atoms. The number of esters is 1. The molecule has 0 spiro atoms. The average Bonchev–Trinajstić information content (AvgIpc) is 3.09. The highest BCUT2D eigenvalue weighted by Gasteiger charge is 2.24. The molecule has 132 valence electrons. The molecule has 3 rings (SSSR count). The molecule has 0 N–H and O–H groups in total. The van der Waals surface area contributed by atoms with Crippen LogP contribution in [0.3, 0.4) is 0 Å². The van der Waals surface area contributed by atoms with E-state index in [2.05, 4.69) is 6.07 Å². The quantitative estimate of drug-likeness (QED) is 0.617. The van der Waals surface area contributed by atoms with Crippen LogP contribution >= 0.6 is 0 Å². The van der Waals surface area contributed by atoms with Crippen molar-refractivity contribution in [2.24, 2.45) is 0 Å². The third kappa shape index (κ3) is 3.55. The summed E-state index contributed by atoms with van der Waals surface area (Å²) in [5.74, 6) is 0.853. The highest BCUT2D eigenvalue weighted by atomic mass is 16.5. The van der Waals surface area contributed by atoms with Crippen molar-refractivity contribution < 1.29 is 18.7 Å². The molecule has 0 aliphatic heterocycles. The second kappa shape index (κ2) is 7.75. The van der Waals surface area contributed by atoms with Gasteiger partial charge in [0.25, 0.3) is 0 Å². The zero-order chi connectivity index (χ0) is 18.5. The standard InChI is InChI=1S/C21H19NO4/c1-3-25-20(23)11-19(15-5-7-17(24-2)8-6-15)21-18-9-4-14(12-22)10-16(18)13-26-21/h4-10,13,19H,3,11H2,1-2H3. The van der Waals surface area contributed by atoms with Crippen LogP contribution in [0.4, 0.5) is 0 Å². The van der Waals surface area contributed by atoms with E-state index in [1.165, 1.54) is 0 Å². The normalized spacial score (nSPS) is 11.7. The van der Waals surface area contributed by atoms with Crippen molar-refractivity contribution >= 4 is 16.7 Å². The Kier molecular flexibility index (Phi) is 5.23. The smallest absolute Gasteiger partial charge is 0.306 e. The molecule has 0 amide bonds. The van der Waals surface area contributed by atoms with Gasteiger partial charge in [-0.15, -0.1) is 0 Å². The van der Waals surface area contributed by atoms with Gasteiger partial charge < -0.3 is 13.9 Å². The SMILES string of the molecule is CCOC(=O)CC(c1ccc(OC)cc1)c1occ2cc(C#N)ccc12. The van der Waals surface area contributed by atoms with E-state index < -0.39 is 0 Å². The summed E-state index contributed by atoms with van der Waals surface area (Å²) < 4.78 is 16.2. The Morgan fingerprint density at radius 1 is 1.23 bits per heavy atom. The fourth-order valence-corrected chi connectivity index (χ4v) is 3.00. The summed E-state index contributed by atoms with van der Waals surface area (Å²) >= 11 is 0. The van der Waals surface area contributed by atoms with Crippen molar-refractivity contribution in [3.63, 3.8) is 0 Å². The third-order valence-electron chi connectivity index (χ3n) is 4.27. The molecular weight excluding hydrogens is 330 g/mol. The van der Waals surface area contributed by atoms with E-state index in [4.69, 9.17) is 19.2 Å². The number of furan rings is 1. The molecule has 0 saturated carbocycles. The van der Waals surface area contributed by atoms with Gasteiger partial charge in [0.05, 0.1) is 44.0 Å². The zero-order valence-electron chi connectivity index (χ0n) is 14.7. The summed E-state index contributed by atoms with van der Waals surface area (Å²) in [6, 6.07) is 15.0. The number of benzene rings is 2. The second-order valence-corrected chi connectivity index (χ2v) is 5.85. The van der Waals surface area contributed by atoms with Crippen molar-refractivity contribution in [3.05, 3.63) is 65.6 Å². The van der Waals surface area contributed by atoms with Crippen LogP contribution in [0.5, 0.6) is 5.75 Å². The fraction of sp³-hybridized carbons (Fsp3) is 0.238. The Balaban J connectivity index is 2.04. The van der Waals surface area contributed by atoms with Crippen molar-refractivity contribution in [1.82, 2.24) is 0 Å². The summed E-state index contributed by atoms with van der Waals surface area (Å²) in [4.78, 5) is 12.1. The Morgan fingerprint density at radius 2 is 2.00 bits per heavy atom. The Hall–Kier alpha value is -3.26. The largest absolute Gasteiger partial charge is 0.497 e. The van der Waals surface area contributed by atoms with Crippen LogP contribution in [0.2, 0.25) is 0 Å². The molecule has 5 heteroatoms. The minimum absolute atomic E-state index is 0.169. The minimum Gasteiger partial charge on any atom is -0.497 e. The predicted molar refractivity (Wildman–Crippen MR) is 97.0 cm³/mol. The Bertz CT molecular complexity index is 950. The monoisotopic (exact) mass is 349 g/mol. The Morgan fingerprint density at radius 3 is 2.65 bits per heavy atom. The van der Waals surface area contributed by atoms with Crippen LogP contribution in [0.15, 0.2) is 53.1 Å². The number of nitrogens with zero attached hydrogens (tertiary/aromatic N) is 1. The predicted octanol–water partition coefficient (Wildman–Crippen LogP) is 4.40. The van der Waals surface area contributed by atoms with Gasteiger partial charge in [0.1, 0.15) is 11.5 Å². The third-order valence-corrected chi connectivity index (χ3v) is 4.27. The van der Waals surface area contributed by atoms with Crippen LogP contribution in [0, 0.1) is 11.3 Å². The number of fused-ring (bicyclic) bond motifs is 1. The first-order chi connectivity index (χ1) is 12.7. The summed E-state index contributed by atoms with van der Waals surface area (Å²) in [6.45, 7) is 2.12. The van der Waals surface area contributed by atoms with E-state index in [0.717, 1.165) is 22.1 Å². The lowest BCUT2D eigenvalue weighted by molar-refractivity contribution is -0.143. The molecule has 1 unspecified atom stereocenters. The van der Waals surface area contributed by atoms with E-state index in [0.29, 0.717) is 17.9 Å². The van der Waals surface area contributed by atoms with E-state index in [9.17, 15) is 4.79 Å². The number of nitriles is 1. The summed E-state index contributed by atoms with van der Waals surface area (Å²) in [5, 5.41) is 10.8. The van der Waals surface area contributed by atoms with Gasteiger partial charge in [0.15, 0.2) is 0 Å². The lowest BCUT2D eigenvalue weighted by atomic mass is 9.91. The van der Waals surface area contributed by atoms with E-state index in [1.54, 1.807) is 32.4 Å². The van der Waals surface area contributed by atoms with Crippen molar-refractivity contribution in [2.45, 2.75) is 19.3 Å². The molecule has 5 nitrogen and oxygen atoms in total. The van der Waals surface area contributed by atoms with Gasteiger partial charge >= 0.3 is 5.97 Å². The van der Waals surface area contributed by atoms with Gasteiger partial charge in [0.2, 0.25) is 0 Å². The summed E-state index contributed by atoms with van der Waals surface area (Å²) in [5.41, 5.74) is 1.50. The number of hydrogen-bond acceptors (Lipinski definition) is 5. The van der Waals surface area contributed by atoms with Crippen molar-refractivity contribution in [1.29, 1.82) is 5.26 Å². The van der Waals surface area contributed by atoms with Gasteiger partial charge in [-0.05, 0) is 42.8 Å². The summed E-state index contributed by atoms with van der Waals surface area (Å²) in [6.07, 6.45) is 1.79. The number of hydrogen-bond donors (Lipinski definition) is 0. The number of carbonyl (C=O) groups is 1. The molecule has 0 saturated heterocycles. The topological polar surface area (TPSA) is 72.5 Å². The molecule has 1 atom stereocenters. The van der Waals surface area contributed by atoms with Crippen LogP contribution in [-0.4, -0.2) is 19.7 Å². The lowest BCUT2D eigenvalue weighted by Crippen LogP contribution is -2.11. The molecule has 1 aromatic heterocycles. The maximum atomic E-state index is 12.1. The van der Waals surface area contributed by atoms with Crippen molar-refractivity contribution in [3.8, 4) is 11.8 Å². The van der Waals surface area contributed by atoms with Gasteiger partial charge in [-0.3, -0.25) is 4.79 Å².